The van der Waals surface area contributed by atoms with Gasteiger partial charge in [0.25, 0.3) is 0 Å². The van der Waals surface area contributed by atoms with E-state index >= 15 is 0 Å². The zero-order chi connectivity index (χ0) is 13.5. The van der Waals surface area contributed by atoms with Crippen LogP contribution in [0.2, 0.25) is 0 Å². The predicted molar refractivity (Wildman–Crippen MR) is 77.4 cm³/mol. The molecule has 19 heavy (non-hydrogen) atoms. The Hall–Kier alpha value is -1.65. The Labute approximate surface area is 115 Å². The number of rotatable bonds is 6. The molecule has 1 aliphatic rings. The van der Waals surface area contributed by atoms with E-state index in [9.17, 15) is 0 Å². The molecule has 0 unspecified atom stereocenters. The first-order valence-corrected chi connectivity index (χ1v) is 7.16. The first-order chi connectivity index (χ1) is 9.33. The summed E-state index contributed by atoms with van der Waals surface area (Å²) in [7, 11) is 0. The van der Waals surface area contributed by atoms with Crippen LogP contribution in [0.1, 0.15) is 44.0 Å². The Morgan fingerprint density at radius 2 is 1.84 bits per heavy atom. The van der Waals surface area contributed by atoms with Gasteiger partial charge in [0.1, 0.15) is 5.82 Å². The van der Waals surface area contributed by atoms with Crippen LogP contribution < -0.4 is 10.6 Å². The molecule has 0 atom stereocenters. The van der Waals surface area contributed by atoms with Crippen LogP contribution in [-0.4, -0.2) is 35.6 Å². The fourth-order valence-corrected chi connectivity index (χ4v) is 1.85. The van der Waals surface area contributed by atoms with Crippen LogP contribution in [0.15, 0.2) is 17.4 Å². The molecule has 104 valence electrons. The first kappa shape index (κ1) is 13.8. The highest BCUT2D eigenvalue weighted by molar-refractivity contribution is 5.79. The Balaban J connectivity index is 1.81. The monoisotopic (exact) mass is 261 g/mol. The van der Waals surface area contributed by atoms with Gasteiger partial charge in [0.15, 0.2) is 5.96 Å². The number of hydrogen-bond acceptors (Lipinski definition) is 3. The summed E-state index contributed by atoms with van der Waals surface area (Å²) in [5.74, 6) is 2.51. The van der Waals surface area contributed by atoms with Gasteiger partial charge in [-0.05, 0) is 38.7 Å². The van der Waals surface area contributed by atoms with Crippen LogP contribution >= 0.6 is 0 Å². The van der Waals surface area contributed by atoms with Crippen molar-refractivity contribution < 1.29 is 0 Å². The molecular weight excluding hydrogens is 238 g/mol. The predicted octanol–water partition coefficient (Wildman–Crippen LogP) is 1.47. The average Bonchev–Trinajstić information content (AvgIpc) is 3.24. The lowest BCUT2D eigenvalue weighted by atomic mass is 10.2. The summed E-state index contributed by atoms with van der Waals surface area (Å²) in [6.45, 7) is 6.64. The van der Waals surface area contributed by atoms with Crippen molar-refractivity contribution in [3.05, 3.63) is 23.8 Å². The zero-order valence-corrected chi connectivity index (χ0v) is 11.8. The summed E-state index contributed by atoms with van der Waals surface area (Å²) in [5.41, 5.74) is 1.15. The number of nitrogens with one attached hydrogen (secondary N) is 2. The third-order valence-corrected chi connectivity index (χ3v) is 3.03. The van der Waals surface area contributed by atoms with Gasteiger partial charge in [0.2, 0.25) is 0 Å². The van der Waals surface area contributed by atoms with Gasteiger partial charge in [0.05, 0.1) is 0 Å². The van der Waals surface area contributed by atoms with E-state index in [0.717, 1.165) is 43.4 Å². The molecule has 5 nitrogen and oxygen atoms in total. The zero-order valence-electron chi connectivity index (χ0n) is 11.8. The minimum Gasteiger partial charge on any atom is -0.357 e. The quantitative estimate of drug-likeness (QED) is 0.601. The second-order valence-electron chi connectivity index (χ2n) is 4.76. The Morgan fingerprint density at radius 3 is 2.37 bits per heavy atom. The highest BCUT2D eigenvalue weighted by Crippen LogP contribution is 2.37. The van der Waals surface area contributed by atoms with Crippen LogP contribution in [0.3, 0.4) is 0 Å². The standard InChI is InChI=1S/C14H23N5/c1-3-15-14(16-4-2)17-8-7-11-9-18-13(19-10-11)12-5-6-12/h9-10,12H,3-8H2,1-2H3,(H2,15,16,17). The van der Waals surface area contributed by atoms with Crippen LogP contribution in [0.4, 0.5) is 0 Å². The lowest BCUT2D eigenvalue weighted by molar-refractivity contribution is 0.827. The number of hydrogen-bond donors (Lipinski definition) is 2. The smallest absolute Gasteiger partial charge is 0.191 e. The van der Waals surface area contributed by atoms with Crippen molar-refractivity contribution in [2.24, 2.45) is 4.99 Å². The van der Waals surface area contributed by atoms with Crippen molar-refractivity contribution in [3.63, 3.8) is 0 Å². The topological polar surface area (TPSA) is 62.2 Å². The second kappa shape index (κ2) is 7.07. The Morgan fingerprint density at radius 1 is 1.21 bits per heavy atom. The molecule has 0 saturated heterocycles. The minimum atomic E-state index is 0.626. The minimum absolute atomic E-state index is 0.626. The summed E-state index contributed by atoms with van der Waals surface area (Å²) >= 11 is 0. The number of guanidine groups is 1. The fraction of sp³-hybridized carbons (Fsp3) is 0.643. The number of aliphatic imine (C=N–C) groups is 1. The maximum absolute atomic E-state index is 4.51. The highest BCUT2D eigenvalue weighted by Gasteiger charge is 2.25. The van der Waals surface area contributed by atoms with Crippen molar-refractivity contribution in [1.29, 1.82) is 0 Å². The molecule has 1 saturated carbocycles. The maximum Gasteiger partial charge on any atom is 0.191 e. The van der Waals surface area contributed by atoms with Crippen molar-refractivity contribution >= 4 is 5.96 Å². The van der Waals surface area contributed by atoms with E-state index < -0.39 is 0 Å². The molecule has 2 N–H and O–H groups in total. The maximum atomic E-state index is 4.51. The first-order valence-electron chi connectivity index (χ1n) is 7.16. The van der Waals surface area contributed by atoms with E-state index in [-0.39, 0.29) is 0 Å². The molecule has 0 spiro atoms. The number of nitrogens with zero attached hydrogens (tertiary/aromatic N) is 3. The van der Waals surface area contributed by atoms with E-state index in [2.05, 4.69) is 39.4 Å². The van der Waals surface area contributed by atoms with Crippen LogP contribution in [0, 0.1) is 0 Å². The Kier molecular flexibility index (Phi) is 5.12. The van der Waals surface area contributed by atoms with E-state index in [0.29, 0.717) is 5.92 Å². The van der Waals surface area contributed by atoms with Gasteiger partial charge in [-0.2, -0.15) is 0 Å². The molecule has 0 radical (unpaired) electrons. The molecule has 2 rings (SSSR count). The van der Waals surface area contributed by atoms with E-state index in [1.807, 2.05) is 12.4 Å². The summed E-state index contributed by atoms with van der Waals surface area (Å²) < 4.78 is 0. The molecule has 0 aliphatic heterocycles. The third-order valence-electron chi connectivity index (χ3n) is 3.03. The van der Waals surface area contributed by atoms with Crippen molar-refractivity contribution in [2.75, 3.05) is 19.6 Å². The molecule has 1 aromatic rings. The van der Waals surface area contributed by atoms with Crippen LogP contribution in [0.25, 0.3) is 0 Å². The molecule has 0 amide bonds. The lowest BCUT2D eigenvalue weighted by Crippen LogP contribution is -2.37. The summed E-state index contributed by atoms with van der Waals surface area (Å²) in [4.78, 5) is 13.3. The van der Waals surface area contributed by atoms with Gasteiger partial charge in [-0.15, -0.1) is 0 Å². The molecule has 1 fully saturated rings. The van der Waals surface area contributed by atoms with Crippen molar-refractivity contribution in [3.8, 4) is 0 Å². The SMILES string of the molecule is CCNC(=NCCc1cnc(C2CC2)nc1)NCC. The molecule has 1 heterocycles. The van der Waals surface area contributed by atoms with Crippen LogP contribution in [0.5, 0.6) is 0 Å². The normalized spacial score (nSPS) is 14.0. The van der Waals surface area contributed by atoms with E-state index in [4.69, 9.17) is 0 Å². The van der Waals surface area contributed by atoms with Gasteiger partial charge in [-0.25, -0.2) is 9.97 Å². The highest BCUT2D eigenvalue weighted by atomic mass is 15.2. The van der Waals surface area contributed by atoms with Gasteiger partial charge in [0, 0.05) is 37.9 Å². The second-order valence-corrected chi connectivity index (χ2v) is 4.76. The van der Waals surface area contributed by atoms with Gasteiger partial charge >= 0.3 is 0 Å². The molecule has 1 aromatic heterocycles. The number of aromatic nitrogens is 2. The van der Waals surface area contributed by atoms with Gasteiger partial charge in [-0.1, -0.05) is 0 Å². The van der Waals surface area contributed by atoms with Crippen LogP contribution in [-0.2, 0) is 6.42 Å². The van der Waals surface area contributed by atoms with Gasteiger partial charge < -0.3 is 10.6 Å². The van der Waals surface area contributed by atoms with Crippen molar-refractivity contribution in [2.45, 2.75) is 39.0 Å². The van der Waals surface area contributed by atoms with Crippen molar-refractivity contribution in [1.82, 2.24) is 20.6 Å². The molecule has 0 aromatic carbocycles. The molecular formula is C14H23N5. The third kappa shape index (κ3) is 4.50. The summed E-state index contributed by atoms with van der Waals surface area (Å²) in [5, 5.41) is 6.42. The summed E-state index contributed by atoms with van der Waals surface area (Å²) in [6.07, 6.45) is 7.26. The molecule has 1 aliphatic carbocycles. The Bertz CT molecular complexity index is 400. The summed E-state index contributed by atoms with van der Waals surface area (Å²) in [6, 6.07) is 0. The molecule has 0 bridgehead atoms. The largest absolute Gasteiger partial charge is 0.357 e. The fourth-order valence-electron chi connectivity index (χ4n) is 1.85. The van der Waals surface area contributed by atoms with Gasteiger partial charge in [-0.3, -0.25) is 4.99 Å². The lowest BCUT2D eigenvalue weighted by Gasteiger charge is -2.08. The van der Waals surface area contributed by atoms with E-state index in [1.54, 1.807) is 0 Å². The van der Waals surface area contributed by atoms with E-state index in [1.165, 1.54) is 12.8 Å². The molecule has 5 heteroatoms. The average molecular weight is 261 g/mol.